The third-order valence-corrected chi connectivity index (χ3v) is 6.05. The summed E-state index contributed by atoms with van der Waals surface area (Å²) < 4.78 is 2.10. The van der Waals surface area contributed by atoms with Crippen LogP contribution in [0.3, 0.4) is 0 Å². The normalized spacial score (nSPS) is 21.7. The van der Waals surface area contributed by atoms with Gasteiger partial charge >= 0.3 is 0 Å². The first-order valence-corrected chi connectivity index (χ1v) is 9.87. The van der Waals surface area contributed by atoms with Crippen molar-refractivity contribution in [2.24, 2.45) is 5.92 Å². The summed E-state index contributed by atoms with van der Waals surface area (Å²) in [6.45, 7) is 4.52. The summed E-state index contributed by atoms with van der Waals surface area (Å²) in [5, 5.41) is 13.7. The van der Waals surface area contributed by atoms with Crippen LogP contribution in [0.15, 0.2) is 24.3 Å². The van der Waals surface area contributed by atoms with Crippen molar-refractivity contribution in [3.63, 3.8) is 0 Å². The molecule has 1 aliphatic carbocycles. The van der Waals surface area contributed by atoms with E-state index in [2.05, 4.69) is 44.2 Å². The van der Waals surface area contributed by atoms with E-state index in [4.69, 9.17) is 11.6 Å². The average molecular weight is 360 g/mol. The van der Waals surface area contributed by atoms with Gasteiger partial charge in [0.05, 0.1) is 12.1 Å². The number of rotatable bonds is 4. The van der Waals surface area contributed by atoms with Gasteiger partial charge in [0.1, 0.15) is 0 Å². The van der Waals surface area contributed by atoms with Crippen LogP contribution in [0.4, 0.5) is 0 Å². The van der Waals surface area contributed by atoms with Gasteiger partial charge in [-0.3, -0.25) is 4.90 Å². The van der Waals surface area contributed by atoms with E-state index in [9.17, 15) is 0 Å². The lowest BCUT2D eigenvalue weighted by Crippen LogP contribution is -2.38. The van der Waals surface area contributed by atoms with Crippen molar-refractivity contribution in [1.82, 2.24) is 25.1 Å². The topological polar surface area (TPSA) is 46.8 Å². The fraction of sp³-hybridized carbons (Fsp3) is 0.632. The molecule has 1 aromatic heterocycles. The van der Waals surface area contributed by atoms with E-state index in [-0.39, 0.29) is 6.04 Å². The Labute approximate surface area is 154 Å². The quantitative estimate of drug-likeness (QED) is 0.818. The van der Waals surface area contributed by atoms with Gasteiger partial charge in [0.15, 0.2) is 5.82 Å². The predicted molar refractivity (Wildman–Crippen MR) is 98.6 cm³/mol. The number of tetrazole rings is 1. The van der Waals surface area contributed by atoms with Gasteiger partial charge in [-0.2, -0.15) is 0 Å². The summed E-state index contributed by atoms with van der Waals surface area (Å²) >= 11 is 6.12. The largest absolute Gasteiger partial charge is 0.290 e. The van der Waals surface area contributed by atoms with Crippen LogP contribution >= 0.6 is 11.6 Å². The molecule has 0 spiro atoms. The standard InChI is InChI=1S/C19H26ClN5/c1-14-10-12-24(13-11-14)18(15-6-8-16(20)9-7-15)19-21-22-23-25(19)17-4-2-3-5-17/h6-9,14,17-18H,2-5,10-13H2,1H3. The van der Waals surface area contributed by atoms with Crippen molar-refractivity contribution in [2.45, 2.75) is 57.5 Å². The highest BCUT2D eigenvalue weighted by atomic mass is 35.5. The molecule has 134 valence electrons. The van der Waals surface area contributed by atoms with Crippen LogP contribution in [0.5, 0.6) is 0 Å². The lowest BCUT2D eigenvalue weighted by molar-refractivity contribution is 0.148. The van der Waals surface area contributed by atoms with Crippen molar-refractivity contribution < 1.29 is 0 Å². The van der Waals surface area contributed by atoms with Gasteiger partial charge < -0.3 is 0 Å². The molecule has 5 nitrogen and oxygen atoms in total. The first-order valence-electron chi connectivity index (χ1n) is 9.49. The molecule has 6 heteroatoms. The highest BCUT2D eigenvalue weighted by Crippen LogP contribution is 2.35. The highest BCUT2D eigenvalue weighted by molar-refractivity contribution is 6.30. The number of piperidine rings is 1. The average Bonchev–Trinajstić information content (AvgIpc) is 3.30. The Morgan fingerprint density at radius 3 is 2.40 bits per heavy atom. The van der Waals surface area contributed by atoms with Gasteiger partial charge in [-0.1, -0.05) is 43.5 Å². The summed E-state index contributed by atoms with van der Waals surface area (Å²) in [7, 11) is 0. The molecule has 0 bridgehead atoms. The van der Waals surface area contributed by atoms with E-state index in [1.807, 2.05) is 12.1 Å². The van der Waals surface area contributed by atoms with Crippen molar-refractivity contribution in [1.29, 1.82) is 0 Å². The van der Waals surface area contributed by atoms with Crippen molar-refractivity contribution in [3.05, 3.63) is 40.7 Å². The van der Waals surface area contributed by atoms with E-state index in [0.717, 1.165) is 29.9 Å². The van der Waals surface area contributed by atoms with Crippen molar-refractivity contribution >= 4 is 11.6 Å². The minimum absolute atomic E-state index is 0.111. The summed E-state index contributed by atoms with van der Waals surface area (Å²) in [6, 6.07) is 8.75. The lowest BCUT2D eigenvalue weighted by atomic mass is 9.95. The van der Waals surface area contributed by atoms with Crippen LogP contribution in [0.25, 0.3) is 0 Å². The first kappa shape index (κ1) is 17.0. The molecular weight excluding hydrogens is 334 g/mol. The van der Waals surface area contributed by atoms with Gasteiger partial charge in [-0.05, 0) is 72.8 Å². The van der Waals surface area contributed by atoms with Crippen LogP contribution in [-0.4, -0.2) is 38.2 Å². The van der Waals surface area contributed by atoms with Gasteiger partial charge in [-0.25, -0.2) is 4.68 Å². The molecule has 2 fully saturated rings. The predicted octanol–water partition coefficient (Wildman–Crippen LogP) is 4.26. The zero-order valence-corrected chi connectivity index (χ0v) is 15.6. The SMILES string of the molecule is CC1CCN(C(c2ccc(Cl)cc2)c2nnnn2C2CCCC2)CC1. The number of nitrogens with zero attached hydrogens (tertiary/aromatic N) is 5. The van der Waals surface area contributed by atoms with Crippen LogP contribution in [0, 0.1) is 5.92 Å². The molecule has 2 aliphatic rings. The number of hydrogen-bond donors (Lipinski definition) is 0. The Balaban J connectivity index is 1.70. The zero-order valence-electron chi connectivity index (χ0n) is 14.8. The van der Waals surface area contributed by atoms with Gasteiger partial charge in [0.25, 0.3) is 0 Å². The molecule has 0 radical (unpaired) electrons. The first-order chi connectivity index (χ1) is 12.2. The van der Waals surface area contributed by atoms with Gasteiger partial charge in [0, 0.05) is 5.02 Å². The van der Waals surface area contributed by atoms with E-state index in [1.54, 1.807) is 0 Å². The third-order valence-electron chi connectivity index (χ3n) is 5.80. The molecule has 2 heterocycles. The van der Waals surface area contributed by atoms with Crippen molar-refractivity contribution in [3.8, 4) is 0 Å². The molecule has 1 aromatic carbocycles. The summed E-state index contributed by atoms with van der Waals surface area (Å²) in [4.78, 5) is 2.54. The van der Waals surface area contributed by atoms with Crippen LogP contribution in [0.2, 0.25) is 5.02 Å². The summed E-state index contributed by atoms with van der Waals surface area (Å²) in [6.07, 6.45) is 7.38. The maximum atomic E-state index is 6.12. The number of benzene rings is 1. The molecule has 1 saturated carbocycles. The Morgan fingerprint density at radius 1 is 1.04 bits per heavy atom. The molecule has 1 atom stereocenters. The van der Waals surface area contributed by atoms with Crippen LogP contribution < -0.4 is 0 Å². The van der Waals surface area contributed by atoms with Crippen molar-refractivity contribution in [2.75, 3.05) is 13.1 Å². The Bertz CT molecular complexity index is 684. The van der Waals surface area contributed by atoms with Gasteiger partial charge in [-0.15, -0.1) is 5.10 Å². The van der Waals surface area contributed by atoms with Crippen LogP contribution in [-0.2, 0) is 0 Å². The molecule has 2 aromatic rings. The molecule has 25 heavy (non-hydrogen) atoms. The second kappa shape index (κ2) is 7.42. The van der Waals surface area contributed by atoms with Gasteiger partial charge in [0.2, 0.25) is 0 Å². The maximum Gasteiger partial charge on any atom is 0.173 e. The molecule has 0 N–H and O–H groups in total. The number of halogens is 1. The monoisotopic (exact) mass is 359 g/mol. The molecule has 0 amide bonds. The summed E-state index contributed by atoms with van der Waals surface area (Å²) in [5.74, 6) is 1.79. The smallest absolute Gasteiger partial charge is 0.173 e. The van der Waals surface area contributed by atoms with E-state index in [1.165, 1.54) is 44.1 Å². The number of aromatic nitrogens is 4. The molecular formula is C19H26ClN5. The fourth-order valence-electron chi connectivity index (χ4n) is 4.24. The Hall–Kier alpha value is -1.46. The minimum Gasteiger partial charge on any atom is -0.290 e. The number of hydrogen-bond acceptors (Lipinski definition) is 4. The zero-order chi connectivity index (χ0) is 17.2. The molecule has 1 saturated heterocycles. The Morgan fingerprint density at radius 2 is 1.72 bits per heavy atom. The van der Waals surface area contributed by atoms with E-state index >= 15 is 0 Å². The lowest BCUT2D eigenvalue weighted by Gasteiger charge is -2.36. The second-order valence-electron chi connectivity index (χ2n) is 7.59. The molecule has 1 unspecified atom stereocenters. The second-order valence-corrected chi connectivity index (χ2v) is 8.03. The summed E-state index contributed by atoms with van der Waals surface area (Å²) in [5.41, 5.74) is 1.23. The van der Waals surface area contributed by atoms with E-state index < -0.39 is 0 Å². The molecule has 4 rings (SSSR count). The Kier molecular flexibility index (Phi) is 5.04. The third kappa shape index (κ3) is 3.58. The van der Waals surface area contributed by atoms with Crippen LogP contribution in [0.1, 0.15) is 68.9 Å². The minimum atomic E-state index is 0.111. The van der Waals surface area contributed by atoms with E-state index in [0.29, 0.717) is 6.04 Å². The number of likely N-dealkylation sites (tertiary alicyclic amines) is 1. The maximum absolute atomic E-state index is 6.12. The highest BCUT2D eigenvalue weighted by Gasteiger charge is 2.32. The molecule has 1 aliphatic heterocycles. The fourth-order valence-corrected chi connectivity index (χ4v) is 4.37.